The third-order valence-electron chi connectivity index (χ3n) is 1.95. The third kappa shape index (κ3) is 4.18. The maximum Gasteiger partial charge on any atom is 0.335 e. The Kier molecular flexibility index (Phi) is 5.33. The molecule has 18 heavy (non-hydrogen) atoms. The van der Waals surface area contributed by atoms with Crippen molar-refractivity contribution < 1.29 is 23.4 Å². The van der Waals surface area contributed by atoms with Gasteiger partial charge in [0, 0.05) is 17.8 Å². The van der Waals surface area contributed by atoms with Crippen molar-refractivity contribution in [2.45, 2.75) is 13.3 Å². The molecule has 1 aromatic carbocycles. The highest BCUT2D eigenvalue weighted by Gasteiger charge is 2.10. The van der Waals surface area contributed by atoms with Gasteiger partial charge in [-0.15, -0.1) is 0 Å². The fourth-order valence-corrected chi connectivity index (χ4v) is 2.04. The van der Waals surface area contributed by atoms with Gasteiger partial charge in [0.15, 0.2) is 0 Å². The number of hydrogen-bond donors (Lipinski definition) is 0. The van der Waals surface area contributed by atoms with Crippen molar-refractivity contribution in [2.75, 3.05) is 0 Å². The van der Waals surface area contributed by atoms with E-state index < -0.39 is 20.0 Å². The fourth-order valence-electron chi connectivity index (χ4n) is 1.08. The van der Waals surface area contributed by atoms with Gasteiger partial charge in [0.2, 0.25) is 0 Å². The Balaban J connectivity index is 2.81. The van der Waals surface area contributed by atoms with Crippen molar-refractivity contribution in [1.82, 2.24) is 0 Å². The molecule has 0 spiro atoms. The minimum absolute atomic E-state index is 0.154. The van der Waals surface area contributed by atoms with E-state index in [2.05, 4.69) is 6.58 Å². The molecule has 6 heteroatoms. The summed E-state index contributed by atoms with van der Waals surface area (Å²) in [6, 6.07) is 6.02. The molecule has 1 unspecified atom stereocenters. The number of benzene rings is 1. The van der Waals surface area contributed by atoms with Crippen molar-refractivity contribution in [3.63, 3.8) is 0 Å². The molecule has 0 N–H and O–H groups in total. The first kappa shape index (κ1) is 14.2. The number of hydrogen-bond acceptors (Lipinski definition) is 5. The van der Waals surface area contributed by atoms with Gasteiger partial charge < -0.3 is 9.26 Å². The number of carbonyl (C=O) groups excluding carboxylic acids is 2. The lowest BCUT2D eigenvalue weighted by molar-refractivity contribution is -0.133. The van der Waals surface area contributed by atoms with Crippen LogP contribution in [0.1, 0.15) is 13.3 Å². The fraction of sp³-hybridized carbons (Fsp3) is 0.167. The average molecular weight is 268 g/mol. The summed E-state index contributed by atoms with van der Waals surface area (Å²) in [4.78, 5) is 22.0. The Bertz CT molecular complexity index is 495. The van der Waals surface area contributed by atoms with E-state index in [1.165, 1.54) is 18.2 Å². The van der Waals surface area contributed by atoms with Gasteiger partial charge in [-0.05, 0) is 18.2 Å². The Morgan fingerprint density at radius 1 is 1.44 bits per heavy atom. The Hall–Kier alpha value is -1.87. The summed E-state index contributed by atoms with van der Waals surface area (Å²) in [6.07, 6.45) is 1.17. The van der Waals surface area contributed by atoms with Gasteiger partial charge in [-0.25, -0.2) is 4.79 Å². The van der Waals surface area contributed by atoms with E-state index in [4.69, 9.17) is 9.26 Å². The van der Waals surface area contributed by atoms with Crippen LogP contribution in [0.2, 0.25) is 0 Å². The molecule has 0 aliphatic heterocycles. The first-order chi connectivity index (χ1) is 8.56. The summed E-state index contributed by atoms with van der Waals surface area (Å²) in [5, 5.41) is 0.316. The molecule has 1 rings (SSSR count). The second-order valence-electron chi connectivity index (χ2n) is 3.27. The molecule has 0 bridgehead atoms. The summed E-state index contributed by atoms with van der Waals surface area (Å²) < 4.78 is 21.3. The van der Waals surface area contributed by atoms with Crippen LogP contribution in [0.15, 0.2) is 36.9 Å². The summed E-state index contributed by atoms with van der Waals surface area (Å²) in [7, 11) is -2.66. The molecule has 0 fully saturated rings. The van der Waals surface area contributed by atoms with E-state index in [9.17, 15) is 14.2 Å². The lowest BCUT2D eigenvalue weighted by Crippen LogP contribution is -2.07. The molecule has 96 valence electrons. The zero-order chi connectivity index (χ0) is 13.5. The molecule has 1 aromatic rings. The van der Waals surface area contributed by atoms with E-state index in [0.717, 1.165) is 6.08 Å². The largest absolute Gasteiger partial charge is 0.423 e. The monoisotopic (exact) mass is 268 g/mol. The molecule has 0 amide bonds. The van der Waals surface area contributed by atoms with Gasteiger partial charge >= 0.3 is 11.9 Å². The van der Waals surface area contributed by atoms with Crippen molar-refractivity contribution in [3.8, 4) is 5.75 Å². The maximum absolute atomic E-state index is 11.7. The van der Waals surface area contributed by atoms with E-state index in [0.29, 0.717) is 5.30 Å². The van der Waals surface area contributed by atoms with Gasteiger partial charge in [-0.3, -0.25) is 9.36 Å². The number of rotatable bonds is 5. The van der Waals surface area contributed by atoms with Crippen LogP contribution in [0.25, 0.3) is 0 Å². The number of ether oxygens (including phenoxy) is 1. The molecule has 0 saturated carbocycles. The van der Waals surface area contributed by atoms with Crippen LogP contribution < -0.4 is 10.0 Å². The van der Waals surface area contributed by atoms with E-state index in [1.54, 1.807) is 13.0 Å². The van der Waals surface area contributed by atoms with Crippen LogP contribution in [-0.4, -0.2) is 11.9 Å². The van der Waals surface area contributed by atoms with Crippen molar-refractivity contribution in [2.24, 2.45) is 0 Å². The SMILES string of the molecule is C=CC(=O)Oc1cccc([PH](=O)OC(=O)CC)c1. The highest BCUT2D eigenvalue weighted by atomic mass is 31.1. The normalized spacial score (nSPS) is 11.4. The maximum atomic E-state index is 11.7. The molecular weight excluding hydrogens is 255 g/mol. The minimum atomic E-state index is -2.66. The van der Waals surface area contributed by atoms with Crippen LogP contribution in [0.4, 0.5) is 0 Å². The van der Waals surface area contributed by atoms with Crippen molar-refractivity contribution in [3.05, 3.63) is 36.9 Å². The lowest BCUT2D eigenvalue weighted by atomic mass is 10.3. The topological polar surface area (TPSA) is 69.7 Å². The minimum Gasteiger partial charge on any atom is -0.423 e. The van der Waals surface area contributed by atoms with Crippen molar-refractivity contribution in [1.29, 1.82) is 0 Å². The van der Waals surface area contributed by atoms with E-state index in [1.807, 2.05) is 0 Å². The molecule has 0 heterocycles. The standard InChI is InChI=1S/C12H13O5P/c1-3-11(13)16-9-6-5-7-10(8-9)18(15)17-12(14)4-2/h3,5-8,18H,1,4H2,2H3. The first-order valence-electron chi connectivity index (χ1n) is 5.26. The molecule has 5 nitrogen and oxygen atoms in total. The second-order valence-corrected chi connectivity index (χ2v) is 4.62. The zero-order valence-corrected chi connectivity index (χ0v) is 10.8. The van der Waals surface area contributed by atoms with Crippen LogP contribution in [0, 0.1) is 0 Å². The van der Waals surface area contributed by atoms with Gasteiger partial charge in [0.05, 0.1) is 0 Å². The van der Waals surface area contributed by atoms with Gasteiger partial charge in [-0.1, -0.05) is 19.6 Å². The summed E-state index contributed by atoms with van der Waals surface area (Å²) in [5.74, 6) is -0.923. The molecule has 0 aliphatic carbocycles. The summed E-state index contributed by atoms with van der Waals surface area (Å²) in [6.45, 7) is 4.88. The molecule has 0 aromatic heterocycles. The molecule has 0 aliphatic rings. The van der Waals surface area contributed by atoms with Gasteiger partial charge in [-0.2, -0.15) is 0 Å². The highest BCUT2D eigenvalue weighted by molar-refractivity contribution is 7.48. The Morgan fingerprint density at radius 3 is 2.78 bits per heavy atom. The summed E-state index contributed by atoms with van der Waals surface area (Å²) in [5.41, 5.74) is 0. The van der Waals surface area contributed by atoms with E-state index >= 15 is 0 Å². The predicted molar refractivity (Wildman–Crippen MR) is 67.3 cm³/mol. The third-order valence-corrected chi connectivity index (χ3v) is 3.15. The van der Waals surface area contributed by atoms with Gasteiger partial charge in [0.1, 0.15) is 5.75 Å². The Labute approximate surface area is 105 Å². The molecule has 0 saturated heterocycles. The van der Waals surface area contributed by atoms with Crippen LogP contribution in [0.3, 0.4) is 0 Å². The highest BCUT2D eigenvalue weighted by Crippen LogP contribution is 2.24. The zero-order valence-electron chi connectivity index (χ0n) is 9.84. The second kappa shape index (κ2) is 6.77. The Morgan fingerprint density at radius 2 is 2.17 bits per heavy atom. The van der Waals surface area contributed by atoms with Crippen LogP contribution in [0.5, 0.6) is 5.75 Å². The summed E-state index contributed by atoms with van der Waals surface area (Å²) >= 11 is 0. The molecule has 0 radical (unpaired) electrons. The van der Waals surface area contributed by atoms with Crippen LogP contribution >= 0.6 is 8.03 Å². The molecule has 1 atom stereocenters. The number of carbonyl (C=O) groups is 2. The van der Waals surface area contributed by atoms with Gasteiger partial charge in [0.25, 0.3) is 8.03 Å². The molecular formula is C12H13O5P. The predicted octanol–water partition coefficient (Wildman–Crippen LogP) is 1.83. The quantitative estimate of drug-likeness (QED) is 0.352. The first-order valence-corrected chi connectivity index (χ1v) is 6.57. The number of esters is 1. The smallest absolute Gasteiger partial charge is 0.335 e. The van der Waals surface area contributed by atoms with E-state index in [-0.39, 0.29) is 12.2 Å². The lowest BCUT2D eigenvalue weighted by Gasteiger charge is -2.05. The average Bonchev–Trinajstić information content (AvgIpc) is 2.38. The van der Waals surface area contributed by atoms with Crippen molar-refractivity contribution >= 4 is 25.3 Å². The van der Waals surface area contributed by atoms with Crippen LogP contribution in [-0.2, 0) is 18.7 Å².